The van der Waals surface area contributed by atoms with Gasteiger partial charge in [-0.2, -0.15) is 0 Å². The number of hydrogen-bond donors (Lipinski definition) is 0. The van der Waals surface area contributed by atoms with Crippen LogP contribution in [0.15, 0.2) is 24.3 Å². The van der Waals surface area contributed by atoms with E-state index in [1.807, 2.05) is 0 Å². The summed E-state index contributed by atoms with van der Waals surface area (Å²) in [7, 11) is 1.58. The molecule has 0 aliphatic heterocycles. The molecule has 5 nitrogen and oxygen atoms in total. The summed E-state index contributed by atoms with van der Waals surface area (Å²) in [6, 6.07) is 7.09. The average Bonchev–Trinajstić information content (AvgIpc) is 2.54. The van der Waals surface area contributed by atoms with E-state index in [-0.39, 0.29) is 5.78 Å². The zero-order chi connectivity index (χ0) is 17.9. The van der Waals surface area contributed by atoms with E-state index in [9.17, 15) is 14.4 Å². The Labute approximate surface area is 146 Å². The van der Waals surface area contributed by atoms with Crippen molar-refractivity contribution in [2.45, 2.75) is 51.2 Å². The fourth-order valence-electron chi connectivity index (χ4n) is 3.39. The van der Waals surface area contributed by atoms with Crippen LogP contribution in [-0.4, -0.2) is 35.7 Å². The second-order valence-corrected chi connectivity index (χ2v) is 6.53. The number of rotatable bonds is 4. The van der Waals surface area contributed by atoms with Crippen molar-refractivity contribution >= 4 is 29.3 Å². The Hall–Kier alpha value is -1.88. The van der Waals surface area contributed by atoms with Gasteiger partial charge in [0.1, 0.15) is 5.54 Å². The highest BCUT2D eigenvalue weighted by Gasteiger charge is 2.48. The number of halogens is 1. The van der Waals surface area contributed by atoms with Gasteiger partial charge in [0.15, 0.2) is 11.9 Å². The van der Waals surface area contributed by atoms with Gasteiger partial charge in [0.25, 0.3) is 5.91 Å². The van der Waals surface area contributed by atoms with Gasteiger partial charge >= 0.3 is 5.97 Å². The van der Waals surface area contributed by atoms with Crippen molar-refractivity contribution in [3.05, 3.63) is 34.9 Å². The Morgan fingerprint density at radius 3 is 2.54 bits per heavy atom. The summed E-state index contributed by atoms with van der Waals surface area (Å²) in [5, 5.41) is 0.451. The standard InChI is InChI=1S/C18H22ClNO4/c1-12(24-13(2)21)17(23)20(3)18(11-7-6-10-16(18)22)14-8-4-5-9-15(14)19/h4-5,8-9,12H,6-7,10-11H2,1-3H3/t12-,18-/m0/s1. The first kappa shape index (κ1) is 18.5. The highest BCUT2D eigenvalue weighted by atomic mass is 35.5. The molecule has 0 heterocycles. The third-order valence-corrected chi connectivity index (χ3v) is 4.90. The van der Waals surface area contributed by atoms with Gasteiger partial charge < -0.3 is 9.64 Å². The Kier molecular flexibility index (Phi) is 5.65. The topological polar surface area (TPSA) is 63.7 Å². The van der Waals surface area contributed by atoms with E-state index < -0.39 is 23.5 Å². The lowest BCUT2D eigenvalue weighted by atomic mass is 9.74. The number of carbonyl (C=O) groups excluding carboxylic acids is 3. The molecule has 1 aliphatic carbocycles. The molecule has 1 saturated carbocycles. The largest absolute Gasteiger partial charge is 0.453 e. The van der Waals surface area contributed by atoms with Gasteiger partial charge in [-0.1, -0.05) is 29.8 Å². The Morgan fingerprint density at radius 1 is 1.29 bits per heavy atom. The number of ketones is 1. The molecule has 24 heavy (non-hydrogen) atoms. The number of ether oxygens (including phenoxy) is 1. The first-order valence-corrected chi connectivity index (χ1v) is 8.41. The molecule has 1 aliphatic rings. The number of Topliss-reactive ketones (excluding diaryl/α,β-unsaturated/α-hetero) is 1. The van der Waals surface area contributed by atoms with E-state index in [0.29, 0.717) is 23.4 Å². The zero-order valence-corrected chi connectivity index (χ0v) is 14.9. The fraction of sp³-hybridized carbons (Fsp3) is 0.500. The van der Waals surface area contributed by atoms with E-state index in [1.54, 1.807) is 31.3 Å². The van der Waals surface area contributed by atoms with Crippen LogP contribution in [0, 0.1) is 0 Å². The van der Waals surface area contributed by atoms with Crippen LogP contribution in [0.4, 0.5) is 0 Å². The van der Waals surface area contributed by atoms with Crippen molar-refractivity contribution in [3.63, 3.8) is 0 Å². The monoisotopic (exact) mass is 351 g/mol. The minimum absolute atomic E-state index is 0.0345. The molecule has 0 aromatic heterocycles. The van der Waals surface area contributed by atoms with Crippen LogP contribution < -0.4 is 0 Å². The lowest BCUT2D eigenvalue weighted by molar-refractivity contribution is -0.163. The number of likely N-dealkylation sites (N-methyl/N-ethyl adjacent to an activating group) is 1. The molecule has 2 rings (SSSR count). The summed E-state index contributed by atoms with van der Waals surface area (Å²) in [5.41, 5.74) is -0.482. The van der Waals surface area contributed by atoms with Crippen molar-refractivity contribution in [1.82, 2.24) is 4.90 Å². The molecule has 0 radical (unpaired) electrons. The maximum absolute atomic E-state index is 12.9. The number of benzene rings is 1. The summed E-state index contributed by atoms with van der Waals surface area (Å²) in [5.74, 6) is -0.987. The Bertz CT molecular complexity index is 660. The number of carbonyl (C=O) groups is 3. The molecule has 0 bridgehead atoms. The fourth-order valence-corrected chi connectivity index (χ4v) is 3.68. The minimum atomic E-state index is -1.11. The normalized spacial score (nSPS) is 21.9. The lowest BCUT2D eigenvalue weighted by Gasteiger charge is -2.44. The summed E-state index contributed by atoms with van der Waals surface area (Å²) in [6.45, 7) is 2.76. The maximum atomic E-state index is 12.9. The van der Waals surface area contributed by atoms with Gasteiger partial charge in [0.05, 0.1) is 0 Å². The number of amides is 1. The molecule has 0 spiro atoms. The smallest absolute Gasteiger partial charge is 0.303 e. The van der Waals surface area contributed by atoms with E-state index in [1.165, 1.54) is 18.7 Å². The average molecular weight is 352 g/mol. The quantitative estimate of drug-likeness (QED) is 0.782. The SMILES string of the molecule is CC(=O)O[C@@H](C)C(=O)N(C)[C@]1(c2ccccc2Cl)CCCCC1=O. The predicted molar refractivity (Wildman–Crippen MR) is 90.6 cm³/mol. The number of esters is 1. The van der Waals surface area contributed by atoms with E-state index in [0.717, 1.165) is 12.8 Å². The summed E-state index contributed by atoms with van der Waals surface area (Å²) in [4.78, 5) is 38.2. The lowest BCUT2D eigenvalue weighted by Crippen LogP contribution is -2.56. The van der Waals surface area contributed by atoms with E-state index in [2.05, 4.69) is 0 Å². The van der Waals surface area contributed by atoms with Crippen LogP contribution in [0.3, 0.4) is 0 Å². The number of nitrogens with zero attached hydrogens (tertiary/aromatic N) is 1. The van der Waals surface area contributed by atoms with Crippen molar-refractivity contribution < 1.29 is 19.1 Å². The second-order valence-electron chi connectivity index (χ2n) is 6.12. The predicted octanol–water partition coefficient (Wildman–Crippen LogP) is 3.09. The van der Waals surface area contributed by atoms with Gasteiger partial charge in [-0.25, -0.2) is 0 Å². The molecule has 130 valence electrons. The first-order chi connectivity index (χ1) is 11.3. The molecule has 1 fully saturated rings. The van der Waals surface area contributed by atoms with Gasteiger partial charge in [-0.15, -0.1) is 0 Å². The van der Waals surface area contributed by atoms with Gasteiger partial charge in [0.2, 0.25) is 0 Å². The molecule has 0 saturated heterocycles. The van der Waals surface area contributed by atoms with Crippen LogP contribution in [0.25, 0.3) is 0 Å². The summed E-state index contributed by atoms with van der Waals surface area (Å²) >= 11 is 6.35. The maximum Gasteiger partial charge on any atom is 0.303 e. The van der Waals surface area contributed by atoms with Crippen LogP contribution in [0.1, 0.15) is 45.1 Å². The summed E-state index contributed by atoms with van der Waals surface area (Å²) in [6.07, 6.45) is 1.56. The molecule has 6 heteroatoms. The second kappa shape index (κ2) is 7.34. The Morgan fingerprint density at radius 2 is 1.96 bits per heavy atom. The van der Waals surface area contributed by atoms with Crippen LogP contribution >= 0.6 is 11.6 Å². The molecule has 0 N–H and O–H groups in total. The van der Waals surface area contributed by atoms with Gasteiger partial charge in [-0.05, 0) is 32.3 Å². The molecule has 2 atom stereocenters. The highest BCUT2D eigenvalue weighted by molar-refractivity contribution is 6.31. The van der Waals surface area contributed by atoms with Gasteiger partial charge in [-0.3, -0.25) is 14.4 Å². The third-order valence-electron chi connectivity index (χ3n) is 4.57. The van der Waals surface area contributed by atoms with Crippen molar-refractivity contribution in [1.29, 1.82) is 0 Å². The van der Waals surface area contributed by atoms with Crippen molar-refractivity contribution in [2.24, 2.45) is 0 Å². The van der Waals surface area contributed by atoms with Crippen LogP contribution in [-0.2, 0) is 24.7 Å². The number of hydrogen-bond acceptors (Lipinski definition) is 4. The van der Waals surface area contributed by atoms with E-state index >= 15 is 0 Å². The molecular formula is C18H22ClNO4. The molecule has 1 amide bonds. The first-order valence-electron chi connectivity index (χ1n) is 8.04. The molecular weight excluding hydrogens is 330 g/mol. The molecule has 0 unspecified atom stereocenters. The molecule has 1 aromatic rings. The Balaban J connectivity index is 2.47. The van der Waals surface area contributed by atoms with Crippen molar-refractivity contribution in [2.75, 3.05) is 7.05 Å². The van der Waals surface area contributed by atoms with Crippen LogP contribution in [0.5, 0.6) is 0 Å². The van der Waals surface area contributed by atoms with Gasteiger partial charge in [0, 0.05) is 31.0 Å². The highest BCUT2D eigenvalue weighted by Crippen LogP contribution is 2.42. The van der Waals surface area contributed by atoms with Crippen molar-refractivity contribution in [3.8, 4) is 0 Å². The summed E-state index contributed by atoms with van der Waals surface area (Å²) < 4.78 is 5.00. The minimum Gasteiger partial charge on any atom is -0.453 e. The molecule has 1 aromatic carbocycles. The third kappa shape index (κ3) is 3.31. The van der Waals surface area contributed by atoms with E-state index in [4.69, 9.17) is 16.3 Å². The van der Waals surface area contributed by atoms with Crippen LogP contribution in [0.2, 0.25) is 5.02 Å². The zero-order valence-electron chi connectivity index (χ0n) is 14.2.